The third kappa shape index (κ3) is 2.35. The van der Waals surface area contributed by atoms with E-state index >= 15 is 0 Å². The van der Waals surface area contributed by atoms with Crippen molar-refractivity contribution < 1.29 is 0 Å². The van der Waals surface area contributed by atoms with Crippen molar-refractivity contribution >= 4 is 10.8 Å². The van der Waals surface area contributed by atoms with Crippen LogP contribution in [0.4, 0.5) is 0 Å². The molecule has 2 aliphatic rings. The summed E-state index contributed by atoms with van der Waals surface area (Å²) in [7, 11) is 0. The number of allylic oxidation sites excluding steroid dienone is 8. The van der Waals surface area contributed by atoms with E-state index in [1.807, 2.05) is 0 Å². The third-order valence-corrected chi connectivity index (χ3v) is 4.74. The molecule has 0 radical (unpaired) electrons. The summed E-state index contributed by atoms with van der Waals surface area (Å²) in [4.78, 5) is 0. The fourth-order valence-electron chi connectivity index (χ4n) is 3.66. The molecular weight excluding hydrogens is 264 g/mol. The standard InChI is InChI=1S/C22H20/c1-3-9-17(10-4-1)21-16-15-18-11-7-8-14-20(18)22(21)19-12-5-2-6-13-19/h1-9,11-12,14-17,19H,10,13H2. The van der Waals surface area contributed by atoms with Gasteiger partial charge < -0.3 is 0 Å². The zero-order chi connectivity index (χ0) is 14.8. The molecule has 0 fully saturated rings. The van der Waals surface area contributed by atoms with Crippen LogP contribution in [-0.4, -0.2) is 0 Å². The van der Waals surface area contributed by atoms with Crippen molar-refractivity contribution in [1.29, 1.82) is 0 Å². The van der Waals surface area contributed by atoms with Gasteiger partial charge in [0.15, 0.2) is 0 Å². The van der Waals surface area contributed by atoms with Gasteiger partial charge in [-0.3, -0.25) is 0 Å². The maximum atomic E-state index is 2.35. The van der Waals surface area contributed by atoms with Crippen molar-refractivity contribution in [3.05, 3.63) is 96.1 Å². The topological polar surface area (TPSA) is 0 Å². The van der Waals surface area contributed by atoms with E-state index in [-0.39, 0.29) is 0 Å². The highest BCUT2D eigenvalue weighted by Crippen LogP contribution is 2.39. The minimum Gasteiger partial charge on any atom is -0.0836 e. The summed E-state index contributed by atoms with van der Waals surface area (Å²) in [6.07, 6.45) is 20.2. The summed E-state index contributed by atoms with van der Waals surface area (Å²) in [5, 5.41) is 2.76. The average Bonchev–Trinajstić information content (AvgIpc) is 2.62. The van der Waals surface area contributed by atoms with Gasteiger partial charge in [0.25, 0.3) is 0 Å². The van der Waals surface area contributed by atoms with Gasteiger partial charge in [-0.15, -0.1) is 0 Å². The molecule has 0 nitrogen and oxygen atoms in total. The highest BCUT2D eigenvalue weighted by Gasteiger charge is 2.20. The Labute approximate surface area is 132 Å². The predicted octanol–water partition coefficient (Wildman–Crippen LogP) is 6.04. The van der Waals surface area contributed by atoms with Crippen molar-refractivity contribution in [2.75, 3.05) is 0 Å². The minimum atomic E-state index is 0.491. The first kappa shape index (κ1) is 13.3. The quantitative estimate of drug-likeness (QED) is 0.630. The van der Waals surface area contributed by atoms with Gasteiger partial charge in [-0.25, -0.2) is 0 Å². The molecular formula is C22H20. The molecule has 0 saturated carbocycles. The molecule has 0 spiro atoms. The van der Waals surface area contributed by atoms with Gasteiger partial charge in [0.05, 0.1) is 0 Å². The van der Waals surface area contributed by atoms with Gasteiger partial charge in [0.1, 0.15) is 0 Å². The molecule has 0 aliphatic heterocycles. The molecule has 0 N–H and O–H groups in total. The number of benzene rings is 2. The van der Waals surface area contributed by atoms with Crippen LogP contribution in [0.1, 0.15) is 35.8 Å². The van der Waals surface area contributed by atoms with Gasteiger partial charge in [0.2, 0.25) is 0 Å². The highest BCUT2D eigenvalue weighted by molar-refractivity contribution is 5.88. The summed E-state index contributed by atoms with van der Waals surface area (Å²) in [5.74, 6) is 0.995. The molecule has 0 bridgehead atoms. The van der Waals surface area contributed by atoms with Crippen LogP contribution >= 0.6 is 0 Å². The lowest BCUT2D eigenvalue weighted by Crippen LogP contribution is -2.07. The predicted molar refractivity (Wildman–Crippen MR) is 95.2 cm³/mol. The Morgan fingerprint density at radius 3 is 2.14 bits per heavy atom. The van der Waals surface area contributed by atoms with Gasteiger partial charge in [-0.1, -0.05) is 85.0 Å². The van der Waals surface area contributed by atoms with Crippen molar-refractivity contribution in [2.24, 2.45) is 0 Å². The van der Waals surface area contributed by atoms with Crippen molar-refractivity contribution in [2.45, 2.75) is 24.7 Å². The van der Waals surface area contributed by atoms with Crippen LogP contribution in [-0.2, 0) is 0 Å². The Morgan fingerprint density at radius 2 is 1.41 bits per heavy atom. The monoisotopic (exact) mass is 284 g/mol. The van der Waals surface area contributed by atoms with Crippen molar-refractivity contribution in [3.8, 4) is 0 Å². The number of fused-ring (bicyclic) bond motifs is 1. The summed E-state index contributed by atoms with van der Waals surface area (Å²) in [6.45, 7) is 0. The SMILES string of the molecule is C1=CCC(c2ccc3ccccc3c2C2C=CC=CC2)C=C1. The first-order valence-electron chi connectivity index (χ1n) is 8.12. The Hall–Kier alpha value is -2.34. The van der Waals surface area contributed by atoms with Gasteiger partial charge in [0, 0.05) is 11.8 Å². The normalized spacial score (nSPS) is 23.3. The van der Waals surface area contributed by atoms with E-state index in [2.05, 4.69) is 85.0 Å². The minimum absolute atomic E-state index is 0.491. The molecule has 2 atom stereocenters. The summed E-state index contributed by atoms with van der Waals surface area (Å²) >= 11 is 0. The largest absolute Gasteiger partial charge is 0.0836 e. The summed E-state index contributed by atoms with van der Waals surface area (Å²) in [6, 6.07) is 13.4. The Morgan fingerprint density at radius 1 is 0.682 bits per heavy atom. The van der Waals surface area contributed by atoms with Crippen LogP contribution in [0, 0.1) is 0 Å². The van der Waals surface area contributed by atoms with Crippen LogP contribution in [0.25, 0.3) is 10.8 Å². The number of hydrogen-bond acceptors (Lipinski definition) is 0. The molecule has 2 aromatic rings. The molecule has 0 heteroatoms. The lowest BCUT2D eigenvalue weighted by atomic mass is 9.80. The second-order valence-corrected chi connectivity index (χ2v) is 6.10. The van der Waals surface area contributed by atoms with Gasteiger partial charge >= 0.3 is 0 Å². The first-order chi connectivity index (χ1) is 10.9. The molecule has 108 valence electrons. The second-order valence-electron chi connectivity index (χ2n) is 6.10. The molecule has 2 aromatic carbocycles. The maximum absolute atomic E-state index is 2.35. The molecule has 0 amide bonds. The number of hydrogen-bond donors (Lipinski definition) is 0. The Bertz CT molecular complexity index is 802. The molecule has 0 heterocycles. The smallest absolute Gasteiger partial charge is 0.00648 e. The van der Waals surface area contributed by atoms with Crippen molar-refractivity contribution in [1.82, 2.24) is 0 Å². The van der Waals surface area contributed by atoms with Crippen LogP contribution in [0.2, 0.25) is 0 Å². The summed E-state index contributed by atoms with van der Waals surface area (Å²) in [5.41, 5.74) is 3.01. The van der Waals surface area contributed by atoms with Gasteiger partial charge in [-0.05, 0) is 34.7 Å². The zero-order valence-electron chi connectivity index (χ0n) is 12.7. The van der Waals surface area contributed by atoms with Crippen LogP contribution in [0.5, 0.6) is 0 Å². The lowest BCUT2D eigenvalue weighted by molar-refractivity contribution is 0.792. The van der Waals surface area contributed by atoms with Crippen LogP contribution in [0.3, 0.4) is 0 Å². The molecule has 2 aliphatic carbocycles. The van der Waals surface area contributed by atoms with E-state index in [0.717, 1.165) is 12.8 Å². The van der Waals surface area contributed by atoms with E-state index in [1.54, 1.807) is 0 Å². The fraction of sp³-hybridized carbons (Fsp3) is 0.182. The van der Waals surface area contributed by atoms with Crippen LogP contribution in [0.15, 0.2) is 85.0 Å². The Kier molecular flexibility index (Phi) is 3.52. The van der Waals surface area contributed by atoms with Crippen molar-refractivity contribution in [3.63, 3.8) is 0 Å². The zero-order valence-corrected chi connectivity index (χ0v) is 12.7. The molecule has 22 heavy (non-hydrogen) atoms. The van der Waals surface area contributed by atoms with E-state index < -0.39 is 0 Å². The first-order valence-corrected chi connectivity index (χ1v) is 8.12. The van der Waals surface area contributed by atoms with E-state index in [9.17, 15) is 0 Å². The second kappa shape index (κ2) is 5.81. The number of rotatable bonds is 2. The third-order valence-electron chi connectivity index (χ3n) is 4.74. The molecule has 2 unspecified atom stereocenters. The Balaban J connectivity index is 1.91. The van der Waals surface area contributed by atoms with E-state index in [0.29, 0.717) is 11.8 Å². The molecule has 4 rings (SSSR count). The maximum Gasteiger partial charge on any atom is 0.00648 e. The average molecular weight is 284 g/mol. The molecule has 0 saturated heterocycles. The van der Waals surface area contributed by atoms with E-state index in [4.69, 9.17) is 0 Å². The van der Waals surface area contributed by atoms with E-state index in [1.165, 1.54) is 21.9 Å². The van der Waals surface area contributed by atoms with Crippen LogP contribution < -0.4 is 0 Å². The molecule has 0 aromatic heterocycles. The fourth-order valence-corrected chi connectivity index (χ4v) is 3.66. The summed E-state index contributed by atoms with van der Waals surface area (Å²) < 4.78 is 0. The van der Waals surface area contributed by atoms with Gasteiger partial charge in [-0.2, -0.15) is 0 Å². The lowest BCUT2D eigenvalue weighted by Gasteiger charge is -2.24. The highest BCUT2D eigenvalue weighted by atomic mass is 14.2.